The van der Waals surface area contributed by atoms with E-state index in [1.54, 1.807) is 11.3 Å². The molecule has 2 aromatic carbocycles. The molecule has 4 aromatic rings. The third kappa shape index (κ3) is 4.22. The molecular weight excluding hydrogens is 559 g/mol. The molecule has 2 aromatic heterocycles. The molecule has 0 saturated carbocycles. The van der Waals surface area contributed by atoms with E-state index in [9.17, 15) is 4.79 Å². The van der Waals surface area contributed by atoms with Gasteiger partial charge in [-0.3, -0.25) is 4.79 Å². The van der Waals surface area contributed by atoms with E-state index in [1.165, 1.54) is 47.6 Å². The Labute approximate surface area is 187 Å². The van der Waals surface area contributed by atoms with Crippen LogP contribution in [0.25, 0.3) is 43.7 Å². The van der Waals surface area contributed by atoms with E-state index in [1.807, 2.05) is 11.4 Å². The van der Waals surface area contributed by atoms with Crippen LogP contribution >= 0.6 is 11.3 Å². The molecule has 0 atom stereocenters. The first-order valence-electron chi connectivity index (χ1n) is 8.91. The number of hydrogen-bond donors (Lipinski definition) is 1. The van der Waals surface area contributed by atoms with Crippen LogP contribution in [0.15, 0.2) is 71.8 Å². The maximum Gasteiger partial charge on any atom is 0.155 e. The molecule has 1 aliphatic carbocycles. The summed E-state index contributed by atoms with van der Waals surface area (Å²) in [5.41, 5.74) is 7.30. The number of aliphatic hydroxyl groups is 1. The largest absolute Gasteiger partial charge is 0.512 e. The van der Waals surface area contributed by atoms with Crippen molar-refractivity contribution in [1.82, 2.24) is 4.98 Å². The number of carbonyl (C=O) groups excluding carboxylic acids is 1. The van der Waals surface area contributed by atoms with Crippen LogP contribution in [0.3, 0.4) is 0 Å². The van der Waals surface area contributed by atoms with Crippen molar-refractivity contribution in [1.29, 1.82) is 0 Å². The number of rotatable bonds is 2. The van der Waals surface area contributed by atoms with Gasteiger partial charge >= 0.3 is 0 Å². The summed E-state index contributed by atoms with van der Waals surface area (Å²) < 4.78 is 0. The second-order valence-corrected chi connectivity index (χ2v) is 7.51. The molecule has 0 saturated heterocycles. The van der Waals surface area contributed by atoms with Crippen molar-refractivity contribution in [3.05, 3.63) is 77.9 Å². The Hall–Kier alpha value is -2.59. The monoisotopic (exact) mass is 577 g/mol. The van der Waals surface area contributed by atoms with Gasteiger partial charge in [-0.15, -0.1) is 5.38 Å². The van der Waals surface area contributed by atoms with Gasteiger partial charge in [-0.05, 0) is 47.9 Å². The molecule has 0 spiro atoms. The van der Waals surface area contributed by atoms with Crippen LogP contribution < -0.4 is 0 Å². The van der Waals surface area contributed by atoms with E-state index in [0.717, 1.165) is 16.1 Å². The predicted octanol–water partition coefficient (Wildman–Crippen LogP) is 6.45. The second-order valence-electron chi connectivity index (χ2n) is 6.59. The molecule has 5 heteroatoms. The van der Waals surface area contributed by atoms with E-state index in [2.05, 4.69) is 54.6 Å². The van der Waals surface area contributed by atoms with Gasteiger partial charge in [0.15, 0.2) is 5.78 Å². The Morgan fingerprint density at radius 1 is 1.03 bits per heavy atom. The predicted molar refractivity (Wildman–Crippen MR) is 115 cm³/mol. The van der Waals surface area contributed by atoms with Crippen molar-refractivity contribution < 1.29 is 30.0 Å². The number of aliphatic hydroxyl groups excluding tert-OH is 1. The molecule has 1 radical (unpaired) electrons. The number of pyridine rings is 1. The molecule has 0 amide bonds. The fourth-order valence-electron chi connectivity index (χ4n) is 3.47. The molecule has 1 N–H and O–H groups in total. The van der Waals surface area contributed by atoms with Crippen LogP contribution in [0.5, 0.6) is 0 Å². The van der Waals surface area contributed by atoms with Gasteiger partial charge in [0, 0.05) is 31.6 Å². The van der Waals surface area contributed by atoms with Gasteiger partial charge in [-0.1, -0.05) is 47.3 Å². The fourth-order valence-corrected chi connectivity index (χ4v) is 4.10. The Kier molecular flexibility index (Phi) is 6.43. The molecule has 2 heterocycles. The van der Waals surface area contributed by atoms with Gasteiger partial charge in [-0.2, -0.15) is 12.1 Å². The van der Waals surface area contributed by atoms with E-state index >= 15 is 0 Å². The maximum atomic E-state index is 10.0. The van der Waals surface area contributed by atoms with Crippen LogP contribution in [0, 0.1) is 6.07 Å². The molecule has 5 rings (SSSR count). The first-order valence-corrected chi connectivity index (χ1v) is 9.79. The number of benzene rings is 2. The molecule has 147 valence electrons. The number of nitrogens with zero attached hydrogens (tertiary/aromatic N) is 1. The minimum Gasteiger partial charge on any atom is -0.512 e. The number of ketones is 1. The molecule has 0 unspecified atom stereocenters. The van der Waals surface area contributed by atoms with Crippen molar-refractivity contribution in [3.8, 4) is 32.8 Å². The van der Waals surface area contributed by atoms with Gasteiger partial charge in [0.2, 0.25) is 0 Å². The second kappa shape index (κ2) is 8.83. The fraction of sp³-hybridized carbons (Fsp3) is 0.0833. The molecule has 0 aliphatic heterocycles. The number of hydrogen-bond acceptors (Lipinski definition) is 4. The standard InChI is InChI=1S/C19H10NS.C5H8O2.Ir/c1-2-6-13-12(5-1)14-7-3-8-16-19(14)15(13)11-17(20-16)18-9-4-10-21-18;1-4(6)3-5(2)7;/h1-8,10-11H;3,6H,1-2H3;/q-1;;/b;4-3-;. The topological polar surface area (TPSA) is 50.2 Å². The van der Waals surface area contributed by atoms with Crippen molar-refractivity contribution in [2.75, 3.05) is 0 Å². The number of allylic oxidation sites excluding steroid dienone is 2. The SMILES string of the molecule is CC(=O)/C=C(/C)O.[Ir].[c-]1ccsc1-c1cc2c3c(cccc3n1)-c1ccccc1-2. The number of aromatic nitrogens is 1. The van der Waals surface area contributed by atoms with Crippen LogP contribution in [-0.2, 0) is 24.9 Å². The third-order valence-corrected chi connectivity index (χ3v) is 5.29. The zero-order chi connectivity index (χ0) is 19.7. The Morgan fingerprint density at radius 3 is 2.31 bits per heavy atom. The average molecular weight is 577 g/mol. The summed E-state index contributed by atoms with van der Waals surface area (Å²) in [6.45, 7) is 2.85. The van der Waals surface area contributed by atoms with E-state index in [0.29, 0.717) is 0 Å². The zero-order valence-electron chi connectivity index (χ0n) is 15.9. The van der Waals surface area contributed by atoms with Crippen molar-refractivity contribution in [2.45, 2.75) is 13.8 Å². The Morgan fingerprint density at radius 2 is 1.72 bits per heavy atom. The molecular formula is C24H18IrNO2S-. The number of carbonyl (C=O) groups is 1. The summed E-state index contributed by atoms with van der Waals surface area (Å²) in [7, 11) is 0. The summed E-state index contributed by atoms with van der Waals surface area (Å²) in [4.78, 5) is 16.0. The number of thiophene rings is 1. The van der Waals surface area contributed by atoms with Crippen LogP contribution in [0.4, 0.5) is 0 Å². The molecule has 1 aliphatic rings. The summed E-state index contributed by atoms with van der Waals surface area (Å²) >= 11 is 1.68. The Balaban J connectivity index is 0.000000263. The Bertz CT molecular complexity index is 1210. The first-order chi connectivity index (χ1) is 13.5. The first kappa shape index (κ1) is 21.1. The van der Waals surface area contributed by atoms with Gasteiger partial charge in [-0.25, -0.2) is 11.3 Å². The smallest absolute Gasteiger partial charge is 0.155 e. The minimum absolute atomic E-state index is 0. The van der Waals surface area contributed by atoms with Gasteiger partial charge in [0.05, 0.1) is 11.3 Å². The normalized spacial score (nSPS) is 11.3. The molecule has 3 nitrogen and oxygen atoms in total. The summed E-state index contributed by atoms with van der Waals surface area (Å²) in [5.74, 6) is -0.0625. The van der Waals surface area contributed by atoms with Gasteiger partial charge in [0.1, 0.15) is 0 Å². The molecule has 0 bridgehead atoms. The maximum absolute atomic E-state index is 10.0. The summed E-state index contributed by atoms with van der Waals surface area (Å²) in [5, 5.41) is 11.7. The van der Waals surface area contributed by atoms with Crippen LogP contribution in [-0.4, -0.2) is 15.9 Å². The van der Waals surface area contributed by atoms with Crippen LogP contribution in [0.2, 0.25) is 0 Å². The van der Waals surface area contributed by atoms with Gasteiger partial charge < -0.3 is 10.1 Å². The molecule has 29 heavy (non-hydrogen) atoms. The molecule has 0 fully saturated rings. The summed E-state index contributed by atoms with van der Waals surface area (Å²) in [6.07, 6.45) is 1.17. The van der Waals surface area contributed by atoms with Gasteiger partial charge in [0.25, 0.3) is 0 Å². The third-order valence-electron chi connectivity index (χ3n) is 4.45. The van der Waals surface area contributed by atoms with E-state index < -0.39 is 0 Å². The van der Waals surface area contributed by atoms with E-state index in [4.69, 9.17) is 10.1 Å². The number of fused-ring (bicyclic) bond motifs is 3. The zero-order valence-corrected chi connectivity index (χ0v) is 19.1. The van der Waals surface area contributed by atoms with Crippen LogP contribution in [0.1, 0.15) is 13.8 Å². The summed E-state index contributed by atoms with van der Waals surface area (Å²) in [6, 6.07) is 22.4. The average Bonchev–Trinajstić information content (AvgIpc) is 3.30. The van der Waals surface area contributed by atoms with Crippen molar-refractivity contribution in [3.63, 3.8) is 0 Å². The quantitative estimate of drug-likeness (QED) is 0.149. The van der Waals surface area contributed by atoms with Crippen molar-refractivity contribution >= 4 is 28.0 Å². The van der Waals surface area contributed by atoms with Crippen molar-refractivity contribution in [2.24, 2.45) is 0 Å². The van der Waals surface area contributed by atoms with E-state index in [-0.39, 0.29) is 31.6 Å². The minimum atomic E-state index is -0.125.